The Bertz CT molecular complexity index is 667. The molecule has 0 atom stereocenters. The van der Waals surface area contributed by atoms with Crippen LogP contribution in [0.1, 0.15) is 29.5 Å². The molecule has 2 nitrogen and oxygen atoms in total. The Labute approximate surface area is 120 Å². The van der Waals surface area contributed by atoms with E-state index in [9.17, 15) is 0 Å². The van der Waals surface area contributed by atoms with Crippen LogP contribution in [0.4, 0.5) is 11.4 Å². The molecule has 0 radical (unpaired) electrons. The molecule has 0 unspecified atom stereocenters. The molecule has 0 fully saturated rings. The third-order valence-corrected chi connectivity index (χ3v) is 4.00. The molecule has 0 bridgehead atoms. The van der Waals surface area contributed by atoms with E-state index in [4.69, 9.17) is 5.26 Å². The molecule has 0 spiro atoms. The molecule has 0 saturated heterocycles. The average molecular weight is 262 g/mol. The molecule has 0 aromatic heterocycles. The highest BCUT2D eigenvalue weighted by Crippen LogP contribution is 2.33. The number of fused-ring (bicyclic) bond motifs is 1. The third-order valence-electron chi connectivity index (χ3n) is 4.00. The van der Waals surface area contributed by atoms with Gasteiger partial charge < -0.3 is 4.90 Å². The lowest BCUT2D eigenvalue weighted by molar-refractivity contribution is 0.761. The lowest BCUT2D eigenvalue weighted by Gasteiger charge is -2.25. The number of hydrogen-bond donors (Lipinski definition) is 0. The molecule has 2 aromatic rings. The van der Waals surface area contributed by atoms with Gasteiger partial charge in [0.15, 0.2) is 0 Å². The van der Waals surface area contributed by atoms with Crippen LogP contribution in [0.5, 0.6) is 0 Å². The number of nitrogens with zero attached hydrogens (tertiary/aromatic N) is 2. The summed E-state index contributed by atoms with van der Waals surface area (Å²) < 4.78 is 0. The van der Waals surface area contributed by atoms with Crippen LogP contribution in [0.15, 0.2) is 42.5 Å². The van der Waals surface area contributed by atoms with Gasteiger partial charge in [0.1, 0.15) is 0 Å². The maximum absolute atomic E-state index is 9.06. The van der Waals surface area contributed by atoms with Crippen molar-refractivity contribution in [3.8, 4) is 6.07 Å². The summed E-state index contributed by atoms with van der Waals surface area (Å²) in [6.07, 6.45) is 3.60. The van der Waals surface area contributed by atoms with Gasteiger partial charge in [-0.1, -0.05) is 18.2 Å². The highest BCUT2D eigenvalue weighted by atomic mass is 15.1. The summed E-state index contributed by atoms with van der Waals surface area (Å²) in [4.78, 5) is 2.39. The van der Waals surface area contributed by atoms with Crippen molar-refractivity contribution in [2.45, 2.75) is 26.2 Å². The smallest absolute Gasteiger partial charge is 0.0994 e. The van der Waals surface area contributed by atoms with E-state index in [1.807, 2.05) is 13.0 Å². The lowest BCUT2D eigenvalue weighted by atomic mass is 10.1. The Morgan fingerprint density at radius 2 is 1.95 bits per heavy atom. The predicted octanol–water partition coefficient (Wildman–Crippen LogP) is 4.34. The van der Waals surface area contributed by atoms with Crippen molar-refractivity contribution >= 4 is 11.4 Å². The minimum Gasteiger partial charge on any atom is -0.341 e. The quantitative estimate of drug-likeness (QED) is 0.764. The number of anilines is 2. The largest absolute Gasteiger partial charge is 0.341 e. The fourth-order valence-corrected chi connectivity index (χ4v) is 2.90. The van der Waals surface area contributed by atoms with E-state index < -0.39 is 0 Å². The van der Waals surface area contributed by atoms with Crippen LogP contribution >= 0.6 is 0 Å². The molecule has 2 aromatic carbocycles. The molecular weight excluding hydrogens is 244 g/mol. The van der Waals surface area contributed by atoms with Crippen molar-refractivity contribution in [2.24, 2.45) is 0 Å². The highest BCUT2D eigenvalue weighted by molar-refractivity contribution is 5.68. The van der Waals surface area contributed by atoms with Crippen LogP contribution in [0.2, 0.25) is 0 Å². The van der Waals surface area contributed by atoms with Crippen LogP contribution in [0.25, 0.3) is 0 Å². The van der Waals surface area contributed by atoms with Gasteiger partial charge >= 0.3 is 0 Å². The minimum absolute atomic E-state index is 0.761. The van der Waals surface area contributed by atoms with Gasteiger partial charge in [-0.15, -0.1) is 0 Å². The van der Waals surface area contributed by atoms with Crippen molar-refractivity contribution in [1.82, 2.24) is 0 Å². The summed E-state index contributed by atoms with van der Waals surface area (Å²) in [7, 11) is 0. The van der Waals surface area contributed by atoms with Gasteiger partial charge in [-0.25, -0.2) is 0 Å². The second-order valence-electron chi connectivity index (χ2n) is 5.35. The number of rotatable bonds is 1. The monoisotopic (exact) mass is 262 g/mol. The first-order valence-corrected chi connectivity index (χ1v) is 7.16. The third kappa shape index (κ3) is 2.28. The summed E-state index contributed by atoms with van der Waals surface area (Å²) in [6.45, 7) is 3.05. The van der Waals surface area contributed by atoms with Crippen LogP contribution in [0, 0.1) is 18.3 Å². The van der Waals surface area contributed by atoms with Gasteiger partial charge in [-0.05, 0) is 61.6 Å². The van der Waals surface area contributed by atoms with Crippen molar-refractivity contribution in [3.63, 3.8) is 0 Å². The van der Waals surface area contributed by atoms with E-state index in [1.165, 1.54) is 29.8 Å². The fourth-order valence-electron chi connectivity index (χ4n) is 2.90. The summed E-state index contributed by atoms with van der Waals surface area (Å²) in [5.41, 5.74) is 5.74. The van der Waals surface area contributed by atoms with E-state index in [-0.39, 0.29) is 0 Å². The Morgan fingerprint density at radius 3 is 2.75 bits per heavy atom. The zero-order valence-corrected chi connectivity index (χ0v) is 11.8. The van der Waals surface area contributed by atoms with Crippen LogP contribution in [0.3, 0.4) is 0 Å². The Balaban J connectivity index is 2.06. The van der Waals surface area contributed by atoms with Crippen LogP contribution in [-0.2, 0) is 6.42 Å². The molecule has 0 amide bonds. The zero-order valence-electron chi connectivity index (χ0n) is 11.8. The normalized spacial score (nSPS) is 14.3. The van der Waals surface area contributed by atoms with Gasteiger partial charge in [0.2, 0.25) is 0 Å². The lowest BCUT2D eigenvalue weighted by Crippen LogP contribution is -2.18. The zero-order chi connectivity index (χ0) is 13.9. The van der Waals surface area contributed by atoms with Crippen LogP contribution in [-0.4, -0.2) is 6.54 Å². The number of para-hydroxylation sites is 1. The van der Waals surface area contributed by atoms with E-state index >= 15 is 0 Å². The Hall–Kier alpha value is -2.27. The van der Waals surface area contributed by atoms with Gasteiger partial charge in [-0.3, -0.25) is 0 Å². The summed E-state index contributed by atoms with van der Waals surface area (Å²) >= 11 is 0. The molecule has 0 aliphatic carbocycles. The van der Waals surface area contributed by atoms with Crippen molar-refractivity contribution in [1.29, 1.82) is 5.26 Å². The van der Waals surface area contributed by atoms with Crippen LogP contribution < -0.4 is 4.90 Å². The number of hydrogen-bond acceptors (Lipinski definition) is 2. The number of aryl methyl sites for hydroxylation is 2. The van der Waals surface area contributed by atoms with Crippen molar-refractivity contribution in [3.05, 3.63) is 59.2 Å². The average Bonchev–Trinajstić information content (AvgIpc) is 2.69. The predicted molar refractivity (Wildman–Crippen MR) is 82.3 cm³/mol. The highest BCUT2D eigenvalue weighted by Gasteiger charge is 2.16. The second kappa shape index (κ2) is 5.38. The number of nitriles is 1. The van der Waals surface area contributed by atoms with E-state index in [0.29, 0.717) is 0 Å². The molecule has 100 valence electrons. The summed E-state index contributed by atoms with van der Waals surface area (Å²) in [5, 5.41) is 9.06. The summed E-state index contributed by atoms with van der Waals surface area (Å²) in [5.74, 6) is 0. The Morgan fingerprint density at radius 1 is 1.10 bits per heavy atom. The molecule has 2 heteroatoms. The first kappa shape index (κ1) is 12.7. The molecule has 1 aliphatic rings. The van der Waals surface area contributed by atoms with Gasteiger partial charge in [0, 0.05) is 17.9 Å². The fraction of sp³-hybridized carbons (Fsp3) is 0.278. The Kier molecular flexibility index (Phi) is 3.43. The standard InChI is InChI=1S/C18H18N2/c1-14-12-17(10-9-16(14)13-19)20-11-5-4-7-15-6-2-3-8-18(15)20/h2-3,6,8-10,12H,4-5,7,11H2,1H3. The topological polar surface area (TPSA) is 27.0 Å². The summed E-state index contributed by atoms with van der Waals surface area (Å²) in [6, 6.07) is 17.0. The molecule has 1 heterocycles. The SMILES string of the molecule is Cc1cc(N2CCCCc3ccccc32)ccc1C#N. The van der Waals surface area contributed by atoms with E-state index in [2.05, 4.69) is 47.4 Å². The molecule has 20 heavy (non-hydrogen) atoms. The maximum Gasteiger partial charge on any atom is 0.0994 e. The van der Waals surface area contributed by atoms with Crippen molar-refractivity contribution in [2.75, 3.05) is 11.4 Å². The molecule has 1 aliphatic heterocycles. The molecule has 0 saturated carbocycles. The molecule has 3 rings (SSSR count). The number of benzene rings is 2. The maximum atomic E-state index is 9.06. The minimum atomic E-state index is 0.761. The van der Waals surface area contributed by atoms with E-state index in [1.54, 1.807) is 0 Å². The van der Waals surface area contributed by atoms with E-state index in [0.717, 1.165) is 24.1 Å². The molecule has 0 N–H and O–H groups in total. The van der Waals surface area contributed by atoms with Gasteiger partial charge in [-0.2, -0.15) is 5.26 Å². The molecular formula is C18H18N2. The van der Waals surface area contributed by atoms with Gasteiger partial charge in [0.05, 0.1) is 11.6 Å². The van der Waals surface area contributed by atoms with Gasteiger partial charge in [0.25, 0.3) is 0 Å². The first-order chi connectivity index (χ1) is 9.79. The second-order valence-corrected chi connectivity index (χ2v) is 5.35. The first-order valence-electron chi connectivity index (χ1n) is 7.16. The van der Waals surface area contributed by atoms with Crippen molar-refractivity contribution < 1.29 is 0 Å².